The zero-order chi connectivity index (χ0) is 20.3. The number of carbonyl (C=O) groups is 1. The lowest BCUT2D eigenvalue weighted by Gasteiger charge is -2.26. The van der Waals surface area contributed by atoms with Gasteiger partial charge in [0.15, 0.2) is 0 Å². The van der Waals surface area contributed by atoms with Gasteiger partial charge in [-0.3, -0.25) is 10.1 Å². The van der Waals surface area contributed by atoms with E-state index in [9.17, 15) is 14.0 Å². The molecule has 5 nitrogen and oxygen atoms in total. The Kier molecular flexibility index (Phi) is 6.25. The van der Waals surface area contributed by atoms with Crippen LogP contribution in [0.2, 0.25) is 0 Å². The Bertz CT molecular complexity index is 1050. The molecule has 0 aliphatic rings. The molecule has 0 fully saturated rings. The first kappa shape index (κ1) is 20.6. The lowest BCUT2D eigenvalue weighted by atomic mass is 10.2. The highest BCUT2D eigenvalue weighted by Gasteiger charge is 2.34. The van der Waals surface area contributed by atoms with Crippen molar-refractivity contribution in [2.24, 2.45) is 0 Å². The summed E-state index contributed by atoms with van der Waals surface area (Å²) in [4.78, 5) is 24.7. The first-order chi connectivity index (χ1) is 13.2. The highest BCUT2D eigenvalue weighted by molar-refractivity contribution is 6.68. The minimum Gasteiger partial charge on any atom is -0.422 e. The number of carbonyl (C=O) groups excluding carboxylic acids is 1. The van der Waals surface area contributed by atoms with Crippen molar-refractivity contribution in [1.29, 1.82) is 0 Å². The summed E-state index contributed by atoms with van der Waals surface area (Å²) in [6.45, 7) is 0.186. The summed E-state index contributed by atoms with van der Waals surface area (Å²) in [5.74, 6) is -1.14. The van der Waals surface area contributed by atoms with Crippen LogP contribution in [-0.4, -0.2) is 15.9 Å². The van der Waals surface area contributed by atoms with Gasteiger partial charge in [0.05, 0.1) is 0 Å². The van der Waals surface area contributed by atoms with Gasteiger partial charge in [-0.05, 0) is 29.8 Å². The molecular formula is C19H14Cl3FN2O3. The fourth-order valence-electron chi connectivity index (χ4n) is 2.50. The normalized spacial score (nSPS) is 12.7. The Morgan fingerprint density at radius 1 is 1.11 bits per heavy atom. The second-order valence-corrected chi connectivity index (χ2v) is 8.31. The number of hydrogen-bond donors (Lipinski definition) is 2. The highest BCUT2D eigenvalue weighted by Crippen LogP contribution is 2.29. The van der Waals surface area contributed by atoms with E-state index in [0.717, 1.165) is 0 Å². The van der Waals surface area contributed by atoms with Crippen LogP contribution in [0.15, 0.2) is 63.8 Å². The van der Waals surface area contributed by atoms with Crippen LogP contribution in [0, 0.1) is 5.82 Å². The third-order valence-electron chi connectivity index (χ3n) is 3.91. The number of halogens is 4. The molecule has 1 aromatic heterocycles. The van der Waals surface area contributed by atoms with Crippen molar-refractivity contribution < 1.29 is 13.6 Å². The maximum absolute atomic E-state index is 13.0. The van der Waals surface area contributed by atoms with Crippen molar-refractivity contribution in [3.8, 4) is 0 Å². The van der Waals surface area contributed by atoms with E-state index in [4.69, 9.17) is 39.2 Å². The van der Waals surface area contributed by atoms with Crippen LogP contribution in [0.25, 0.3) is 11.0 Å². The minimum absolute atomic E-state index is 0.186. The third kappa shape index (κ3) is 5.02. The highest BCUT2D eigenvalue weighted by atomic mass is 35.6. The van der Waals surface area contributed by atoms with Crippen molar-refractivity contribution in [3.05, 3.63) is 82.0 Å². The summed E-state index contributed by atoms with van der Waals surface area (Å²) in [5, 5.41) is 5.93. The molecule has 2 N–H and O–H groups in total. The Morgan fingerprint density at radius 2 is 1.79 bits per heavy atom. The molecule has 0 aliphatic carbocycles. The van der Waals surface area contributed by atoms with Crippen LogP contribution in [-0.2, 0) is 6.54 Å². The monoisotopic (exact) mass is 442 g/mol. The summed E-state index contributed by atoms with van der Waals surface area (Å²) in [5.41, 5.74) is 0.0378. The SMILES string of the molecule is O=C(NC(NCc1ccc(F)cc1)C(Cl)(Cl)Cl)c1cc2ccccc2oc1=O. The van der Waals surface area contributed by atoms with E-state index >= 15 is 0 Å². The van der Waals surface area contributed by atoms with Crippen LogP contribution in [0.4, 0.5) is 4.39 Å². The maximum atomic E-state index is 13.0. The molecular weight excluding hydrogens is 430 g/mol. The zero-order valence-corrected chi connectivity index (χ0v) is 16.5. The lowest BCUT2D eigenvalue weighted by molar-refractivity contribution is 0.0925. The molecule has 0 saturated heterocycles. The molecule has 9 heteroatoms. The van der Waals surface area contributed by atoms with Crippen molar-refractivity contribution in [2.45, 2.75) is 16.5 Å². The number of hydrogen-bond acceptors (Lipinski definition) is 4. The van der Waals surface area contributed by atoms with E-state index in [1.165, 1.54) is 18.2 Å². The average Bonchev–Trinajstić information content (AvgIpc) is 2.64. The van der Waals surface area contributed by atoms with Crippen LogP contribution >= 0.6 is 34.8 Å². The molecule has 0 bridgehead atoms. The van der Waals surface area contributed by atoms with E-state index in [2.05, 4.69) is 10.6 Å². The minimum atomic E-state index is -1.91. The van der Waals surface area contributed by atoms with Crippen molar-refractivity contribution in [3.63, 3.8) is 0 Å². The quantitative estimate of drug-likeness (QED) is 0.353. The molecule has 0 radical (unpaired) electrons. The van der Waals surface area contributed by atoms with Crippen molar-refractivity contribution in [1.82, 2.24) is 10.6 Å². The number of fused-ring (bicyclic) bond motifs is 1. The zero-order valence-electron chi connectivity index (χ0n) is 14.2. The van der Waals surface area contributed by atoms with E-state index in [1.807, 2.05) is 0 Å². The number of para-hydroxylation sites is 1. The second-order valence-electron chi connectivity index (χ2n) is 5.94. The fraction of sp³-hybridized carbons (Fsp3) is 0.158. The molecule has 1 amide bonds. The largest absolute Gasteiger partial charge is 0.422 e. The Hall–Kier alpha value is -2.12. The van der Waals surface area contributed by atoms with Gasteiger partial charge in [-0.15, -0.1) is 0 Å². The number of benzene rings is 2. The van der Waals surface area contributed by atoms with Gasteiger partial charge in [0.1, 0.15) is 23.1 Å². The summed E-state index contributed by atoms with van der Waals surface area (Å²) < 4.78 is 16.2. The van der Waals surface area contributed by atoms with Gasteiger partial charge < -0.3 is 9.73 Å². The summed E-state index contributed by atoms with van der Waals surface area (Å²) in [6.07, 6.45) is -1.12. The van der Waals surface area contributed by atoms with Gasteiger partial charge in [-0.2, -0.15) is 0 Å². The molecule has 0 spiro atoms. The Balaban J connectivity index is 1.79. The molecule has 1 unspecified atom stereocenters. The number of amides is 1. The summed E-state index contributed by atoms with van der Waals surface area (Å²) >= 11 is 17.8. The van der Waals surface area contributed by atoms with E-state index in [0.29, 0.717) is 16.5 Å². The van der Waals surface area contributed by atoms with Crippen LogP contribution in [0.1, 0.15) is 15.9 Å². The molecule has 3 aromatic rings. The number of alkyl halides is 3. The smallest absolute Gasteiger partial charge is 0.349 e. The fourth-order valence-corrected chi connectivity index (χ4v) is 2.89. The van der Waals surface area contributed by atoms with Crippen molar-refractivity contribution >= 4 is 51.7 Å². The topological polar surface area (TPSA) is 71.3 Å². The summed E-state index contributed by atoms with van der Waals surface area (Å²) in [6, 6.07) is 13.9. The Labute approximate surface area is 174 Å². The standard InChI is InChI=1S/C19H14Cl3FN2O3/c20-19(21,22)18(24-10-11-5-7-13(23)8-6-11)25-16(26)14-9-12-3-1-2-4-15(12)28-17(14)27/h1-9,18,24H,10H2,(H,25,26). The van der Waals surface area contributed by atoms with Crippen molar-refractivity contribution in [2.75, 3.05) is 0 Å². The molecule has 1 atom stereocenters. The molecule has 28 heavy (non-hydrogen) atoms. The predicted octanol–water partition coefficient (Wildman–Crippen LogP) is 4.15. The first-order valence-electron chi connectivity index (χ1n) is 8.12. The number of rotatable bonds is 5. The van der Waals surface area contributed by atoms with E-state index in [1.54, 1.807) is 36.4 Å². The molecule has 0 aliphatic heterocycles. The van der Waals surface area contributed by atoms with Gasteiger partial charge in [-0.1, -0.05) is 65.1 Å². The van der Waals surface area contributed by atoms with Gasteiger partial charge >= 0.3 is 5.63 Å². The lowest BCUT2D eigenvalue weighted by Crippen LogP contribution is -2.53. The molecule has 0 saturated carbocycles. The van der Waals surface area contributed by atoms with Gasteiger partial charge in [0.25, 0.3) is 5.91 Å². The first-order valence-corrected chi connectivity index (χ1v) is 9.26. The van der Waals surface area contributed by atoms with Gasteiger partial charge in [-0.25, -0.2) is 9.18 Å². The molecule has 3 rings (SSSR count). The van der Waals surface area contributed by atoms with Gasteiger partial charge in [0.2, 0.25) is 3.79 Å². The van der Waals surface area contributed by atoms with Gasteiger partial charge in [0, 0.05) is 11.9 Å². The van der Waals surface area contributed by atoms with E-state index in [-0.39, 0.29) is 17.9 Å². The average molecular weight is 444 g/mol. The molecule has 2 aromatic carbocycles. The predicted molar refractivity (Wildman–Crippen MR) is 107 cm³/mol. The van der Waals surface area contributed by atoms with Crippen LogP contribution in [0.3, 0.4) is 0 Å². The Morgan fingerprint density at radius 3 is 2.46 bits per heavy atom. The van der Waals surface area contributed by atoms with E-state index < -0.39 is 21.5 Å². The van der Waals surface area contributed by atoms with Crippen LogP contribution < -0.4 is 16.3 Å². The number of nitrogens with one attached hydrogen (secondary N) is 2. The summed E-state index contributed by atoms with van der Waals surface area (Å²) in [7, 11) is 0. The third-order valence-corrected chi connectivity index (χ3v) is 4.57. The molecule has 146 valence electrons. The second kappa shape index (κ2) is 8.49. The molecule has 1 heterocycles. The maximum Gasteiger partial charge on any atom is 0.349 e. The van der Waals surface area contributed by atoms with Crippen LogP contribution in [0.5, 0.6) is 0 Å².